The first-order valence-electron chi connectivity index (χ1n) is 13.3. The van der Waals surface area contributed by atoms with Crippen molar-refractivity contribution in [2.75, 3.05) is 31.6 Å². The Labute approximate surface area is 200 Å². The van der Waals surface area contributed by atoms with Crippen LogP contribution in [0.15, 0.2) is 12.4 Å². The molecule has 1 aromatic rings. The summed E-state index contributed by atoms with van der Waals surface area (Å²) in [4.78, 5) is 29.3. The van der Waals surface area contributed by atoms with Gasteiger partial charge in [0.25, 0.3) is 0 Å². The van der Waals surface area contributed by atoms with Crippen molar-refractivity contribution < 1.29 is 4.79 Å². The lowest BCUT2D eigenvalue weighted by atomic mass is 9.47. The van der Waals surface area contributed by atoms with Gasteiger partial charge in [-0.2, -0.15) is 0 Å². The Kier molecular flexibility index (Phi) is 6.28. The Bertz CT molecular complexity index is 825. The number of aromatic nitrogens is 2. The smallest absolute Gasteiger partial charge is 0.225 e. The summed E-state index contributed by atoms with van der Waals surface area (Å²) in [5.41, 5.74) is 1.71. The Morgan fingerprint density at radius 2 is 1.67 bits per heavy atom. The van der Waals surface area contributed by atoms with Crippen molar-refractivity contribution in [3.05, 3.63) is 18.0 Å². The van der Waals surface area contributed by atoms with Crippen LogP contribution in [0.4, 0.5) is 5.95 Å². The van der Waals surface area contributed by atoms with Gasteiger partial charge in [0.05, 0.1) is 0 Å². The summed E-state index contributed by atoms with van der Waals surface area (Å²) in [6.07, 6.45) is 11.5. The number of ketones is 1. The van der Waals surface area contributed by atoms with E-state index in [2.05, 4.69) is 35.6 Å². The fourth-order valence-electron chi connectivity index (χ4n) is 7.35. The number of carbonyl (C=O) groups is 1. The van der Waals surface area contributed by atoms with Crippen molar-refractivity contribution in [3.63, 3.8) is 0 Å². The summed E-state index contributed by atoms with van der Waals surface area (Å²) in [5.74, 6) is 2.73. The molecule has 2 unspecified atom stereocenters. The van der Waals surface area contributed by atoms with E-state index in [0.29, 0.717) is 35.2 Å². The van der Waals surface area contributed by atoms with Crippen molar-refractivity contribution in [2.24, 2.45) is 23.2 Å². The minimum Gasteiger partial charge on any atom is -0.332 e. The van der Waals surface area contributed by atoms with E-state index in [9.17, 15) is 4.79 Å². The van der Waals surface area contributed by atoms with Crippen LogP contribution in [0.25, 0.3) is 0 Å². The van der Waals surface area contributed by atoms with E-state index in [0.717, 1.165) is 50.9 Å². The molecule has 1 aromatic heterocycles. The van der Waals surface area contributed by atoms with Crippen molar-refractivity contribution >= 4 is 11.7 Å². The summed E-state index contributed by atoms with van der Waals surface area (Å²) < 4.78 is 0. The van der Waals surface area contributed by atoms with Crippen LogP contribution < -0.4 is 4.90 Å². The number of hydrogen-bond donors (Lipinski definition) is 0. The average Bonchev–Trinajstić information content (AvgIpc) is 2.97. The summed E-state index contributed by atoms with van der Waals surface area (Å²) >= 11 is 0. The molecule has 2 atom stereocenters. The zero-order valence-corrected chi connectivity index (χ0v) is 21.3. The van der Waals surface area contributed by atoms with Gasteiger partial charge in [0, 0.05) is 74.1 Å². The molecule has 2 bridgehead atoms. The van der Waals surface area contributed by atoms with Gasteiger partial charge in [-0.15, -0.1) is 0 Å². The molecule has 33 heavy (non-hydrogen) atoms. The van der Waals surface area contributed by atoms with E-state index in [1.54, 1.807) is 0 Å². The van der Waals surface area contributed by atoms with Gasteiger partial charge >= 0.3 is 0 Å². The second-order valence-electron chi connectivity index (χ2n) is 12.4. The van der Waals surface area contributed by atoms with Crippen molar-refractivity contribution in [1.82, 2.24) is 19.8 Å². The first-order valence-corrected chi connectivity index (χ1v) is 13.3. The summed E-state index contributed by atoms with van der Waals surface area (Å²) in [6.45, 7) is 13.0. The Morgan fingerprint density at radius 1 is 1.06 bits per heavy atom. The zero-order chi connectivity index (χ0) is 23.3. The lowest BCUT2D eigenvalue weighted by Gasteiger charge is -2.58. The van der Waals surface area contributed by atoms with E-state index in [-0.39, 0.29) is 5.92 Å². The highest BCUT2D eigenvalue weighted by atomic mass is 16.1. The average molecular weight is 454 g/mol. The molecule has 5 rings (SSSR count). The highest BCUT2D eigenvalue weighted by Crippen LogP contribution is 2.61. The van der Waals surface area contributed by atoms with E-state index < -0.39 is 0 Å². The molecule has 0 amide bonds. The molecule has 2 saturated carbocycles. The van der Waals surface area contributed by atoms with Gasteiger partial charge in [-0.3, -0.25) is 9.69 Å². The van der Waals surface area contributed by atoms with Crippen LogP contribution in [0.2, 0.25) is 0 Å². The highest BCUT2D eigenvalue weighted by Gasteiger charge is 2.54. The summed E-state index contributed by atoms with van der Waals surface area (Å²) in [7, 11) is 2.22. The molecule has 2 saturated heterocycles. The fourth-order valence-corrected chi connectivity index (χ4v) is 7.35. The molecule has 0 radical (unpaired) electrons. The number of carbonyl (C=O) groups excluding carboxylic acids is 1. The molecule has 0 N–H and O–H groups in total. The predicted octanol–water partition coefficient (Wildman–Crippen LogP) is 4.00. The van der Waals surface area contributed by atoms with E-state index in [1.807, 2.05) is 26.2 Å². The quantitative estimate of drug-likeness (QED) is 0.593. The minimum absolute atomic E-state index is 0.197. The van der Waals surface area contributed by atoms with Crippen LogP contribution in [0.3, 0.4) is 0 Å². The number of anilines is 1. The lowest BCUT2D eigenvalue weighted by molar-refractivity contribution is -0.142. The molecule has 4 fully saturated rings. The van der Waals surface area contributed by atoms with Crippen LogP contribution in [-0.4, -0.2) is 70.4 Å². The zero-order valence-electron chi connectivity index (χ0n) is 21.3. The molecular formula is C27H43N5O. The van der Waals surface area contributed by atoms with Crippen LogP contribution >= 0.6 is 0 Å². The van der Waals surface area contributed by atoms with Crippen LogP contribution in [0, 0.1) is 23.2 Å². The maximum absolute atomic E-state index is 12.2. The molecule has 0 aromatic carbocycles. The minimum atomic E-state index is 0.197. The number of hydrogen-bond acceptors (Lipinski definition) is 6. The van der Waals surface area contributed by atoms with Crippen LogP contribution in [0.1, 0.15) is 71.8 Å². The monoisotopic (exact) mass is 453 g/mol. The summed E-state index contributed by atoms with van der Waals surface area (Å²) in [6, 6.07) is 1.74. The molecule has 2 aliphatic carbocycles. The van der Waals surface area contributed by atoms with Crippen molar-refractivity contribution in [3.8, 4) is 0 Å². The first kappa shape index (κ1) is 23.2. The first-order chi connectivity index (χ1) is 15.7. The second kappa shape index (κ2) is 8.92. The van der Waals surface area contributed by atoms with Crippen molar-refractivity contribution in [1.29, 1.82) is 0 Å². The number of fused-ring (bicyclic) bond motifs is 2. The highest BCUT2D eigenvalue weighted by molar-refractivity contribution is 5.83. The van der Waals surface area contributed by atoms with Gasteiger partial charge in [0.2, 0.25) is 5.95 Å². The lowest BCUT2D eigenvalue weighted by Crippen LogP contribution is -2.56. The third-order valence-electron chi connectivity index (χ3n) is 8.96. The van der Waals surface area contributed by atoms with Gasteiger partial charge in [0.1, 0.15) is 5.78 Å². The van der Waals surface area contributed by atoms with E-state index >= 15 is 0 Å². The summed E-state index contributed by atoms with van der Waals surface area (Å²) in [5, 5.41) is 0. The number of piperazine rings is 1. The molecule has 2 aliphatic heterocycles. The number of rotatable bonds is 8. The fraction of sp³-hybridized carbons (Fsp3) is 0.815. The van der Waals surface area contributed by atoms with E-state index in [1.165, 1.54) is 31.2 Å². The van der Waals surface area contributed by atoms with Gasteiger partial charge in [0.15, 0.2) is 0 Å². The number of Topliss-reactive ketones (excluding diaryl/α,β-unsaturated/α-hetero) is 1. The Hall–Kier alpha value is -1.53. The SMILES string of the molecule is CC(C)C(=O)C1CC2(CC(CN(C)Cc3cnc(N4C5CCC4CN(C(C)C)C5)nc3)C2)C1. The topological polar surface area (TPSA) is 52.6 Å². The molecule has 6 heteroatoms. The standard InChI is InChI=1S/C27H43N5O/c1-18(2)25(33)22-10-27(11-22)8-20(9-27)14-30(5)15-21-12-28-26(29-13-21)32-23-6-7-24(32)17-31(16-23)19(3)4/h12-13,18-20,22-24H,6-11,14-17H2,1-5H3. The number of likely N-dealkylation sites (tertiary alicyclic amines) is 1. The van der Waals surface area contributed by atoms with E-state index in [4.69, 9.17) is 9.97 Å². The molecule has 4 aliphatic rings. The van der Waals surface area contributed by atoms with Gasteiger partial charge in [-0.25, -0.2) is 9.97 Å². The third-order valence-corrected chi connectivity index (χ3v) is 8.96. The number of nitrogens with zero attached hydrogens (tertiary/aromatic N) is 5. The van der Waals surface area contributed by atoms with Crippen molar-refractivity contribution in [2.45, 2.75) is 90.9 Å². The molecule has 1 spiro atoms. The van der Waals surface area contributed by atoms with Crippen LogP contribution in [-0.2, 0) is 11.3 Å². The van der Waals surface area contributed by atoms with Gasteiger partial charge in [-0.05, 0) is 70.8 Å². The normalized spacial score (nSPS) is 33.8. The molecule has 6 nitrogen and oxygen atoms in total. The predicted molar refractivity (Wildman–Crippen MR) is 132 cm³/mol. The molecular weight excluding hydrogens is 410 g/mol. The van der Waals surface area contributed by atoms with Crippen LogP contribution in [0.5, 0.6) is 0 Å². The van der Waals surface area contributed by atoms with Gasteiger partial charge in [-0.1, -0.05) is 13.8 Å². The molecule has 182 valence electrons. The van der Waals surface area contributed by atoms with Gasteiger partial charge < -0.3 is 9.80 Å². The Balaban J connectivity index is 1.08. The maximum atomic E-state index is 12.2. The maximum Gasteiger partial charge on any atom is 0.225 e. The second-order valence-corrected chi connectivity index (χ2v) is 12.4. The third kappa shape index (κ3) is 4.58. The largest absolute Gasteiger partial charge is 0.332 e. The molecule has 3 heterocycles. The Morgan fingerprint density at radius 3 is 2.21 bits per heavy atom.